The number of hydrogen-bond acceptors (Lipinski definition) is 2. The summed E-state index contributed by atoms with van der Waals surface area (Å²) in [4.78, 5) is 10.9. The molecule has 0 aromatic rings. The predicted octanol–water partition coefficient (Wildman–Crippen LogP) is 1.29. The van der Waals surface area contributed by atoms with E-state index in [0.717, 1.165) is 19.4 Å². The van der Waals surface area contributed by atoms with Crippen LogP contribution in [0.2, 0.25) is 0 Å². The lowest BCUT2D eigenvalue weighted by molar-refractivity contribution is -0.111. The van der Waals surface area contributed by atoms with Crippen molar-refractivity contribution in [3.05, 3.63) is 0 Å². The van der Waals surface area contributed by atoms with Gasteiger partial charge in [0.2, 0.25) is 0 Å². The van der Waals surface area contributed by atoms with Crippen LogP contribution < -0.4 is 5.32 Å². The zero-order valence-electron chi connectivity index (χ0n) is 6.44. The molecule has 1 N–H and O–H groups in total. The number of carbonyl (C=O) groups excluding carboxylic acids is 1. The molecule has 0 aliphatic heterocycles. The maximum Gasteiger partial charge on any atom is 0.186 e. The van der Waals surface area contributed by atoms with Crippen LogP contribution in [0.1, 0.15) is 26.7 Å². The Balaban J connectivity index is 3.31. The number of carbonyl (C=O) groups is 1. The van der Waals surface area contributed by atoms with Gasteiger partial charge < -0.3 is 5.32 Å². The minimum atomic E-state index is -0.0499. The number of Topliss-reactive ketones (excluding diaryl/α,β-unsaturated/α-hetero) is 1. The van der Waals surface area contributed by atoms with Gasteiger partial charge in [-0.1, -0.05) is 25.6 Å². The topological polar surface area (TPSA) is 29.1 Å². The maximum atomic E-state index is 10.5. The summed E-state index contributed by atoms with van der Waals surface area (Å²) in [6, 6.07) is 0. The van der Waals surface area contributed by atoms with Gasteiger partial charge in [-0.05, 0) is 6.42 Å². The first-order valence-electron chi connectivity index (χ1n) is 3.47. The van der Waals surface area contributed by atoms with E-state index in [9.17, 15) is 4.79 Å². The lowest BCUT2D eigenvalue weighted by Gasteiger charge is -2.01. The van der Waals surface area contributed by atoms with Crippen molar-refractivity contribution in [1.29, 1.82) is 0 Å². The first-order valence-corrected chi connectivity index (χ1v) is 3.88. The summed E-state index contributed by atoms with van der Waals surface area (Å²) in [5.74, 6) is -0.0499. The van der Waals surface area contributed by atoms with Crippen molar-refractivity contribution in [2.75, 3.05) is 6.54 Å². The third-order valence-corrected chi connectivity index (χ3v) is 1.57. The molecule has 0 rings (SSSR count). The van der Waals surface area contributed by atoms with E-state index >= 15 is 0 Å². The minimum Gasteiger partial charge on any atom is -0.373 e. The Morgan fingerprint density at radius 3 is 2.60 bits per heavy atom. The first kappa shape index (κ1) is 9.56. The van der Waals surface area contributed by atoms with Crippen molar-refractivity contribution in [2.45, 2.75) is 26.7 Å². The molecule has 0 aliphatic carbocycles. The second-order valence-electron chi connectivity index (χ2n) is 2.17. The Morgan fingerprint density at radius 2 is 2.20 bits per heavy atom. The van der Waals surface area contributed by atoms with E-state index in [2.05, 4.69) is 12.2 Å². The molecule has 0 aliphatic rings. The van der Waals surface area contributed by atoms with Crippen LogP contribution >= 0.6 is 12.2 Å². The molecule has 10 heavy (non-hydrogen) atoms. The van der Waals surface area contributed by atoms with Crippen LogP contribution in [-0.2, 0) is 4.79 Å². The molecule has 0 bridgehead atoms. The van der Waals surface area contributed by atoms with Crippen LogP contribution in [0.15, 0.2) is 0 Å². The van der Waals surface area contributed by atoms with Crippen LogP contribution in [0.25, 0.3) is 0 Å². The monoisotopic (exact) mass is 159 g/mol. The Bertz CT molecular complexity index is 134. The van der Waals surface area contributed by atoms with Crippen LogP contribution in [0, 0.1) is 0 Å². The van der Waals surface area contributed by atoms with Gasteiger partial charge in [-0.2, -0.15) is 0 Å². The van der Waals surface area contributed by atoms with Crippen LogP contribution in [0.5, 0.6) is 0 Å². The third-order valence-electron chi connectivity index (χ3n) is 1.14. The summed E-state index contributed by atoms with van der Waals surface area (Å²) in [7, 11) is 0. The number of nitrogens with one attached hydrogen (secondary N) is 1. The molecule has 0 spiro atoms. The zero-order valence-corrected chi connectivity index (χ0v) is 7.25. The van der Waals surface area contributed by atoms with Gasteiger partial charge in [0.25, 0.3) is 0 Å². The largest absolute Gasteiger partial charge is 0.373 e. The highest BCUT2D eigenvalue weighted by Crippen LogP contribution is 1.83. The lowest BCUT2D eigenvalue weighted by Crippen LogP contribution is -2.27. The molecule has 0 aromatic heterocycles. The summed E-state index contributed by atoms with van der Waals surface area (Å²) >= 11 is 4.73. The number of ketones is 1. The lowest BCUT2D eigenvalue weighted by atomic mass is 10.3. The Hall–Kier alpha value is -0.440. The van der Waals surface area contributed by atoms with E-state index in [1.54, 1.807) is 0 Å². The highest BCUT2D eigenvalue weighted by molar-refractivity contribution is 7.82. The standard InChI is InChI=1S/C7H13NOS/c1-3-4-5-8-7(10)6(2)9/h3-5H2,1-2H3,(H,8,10). The van der Waals surface area contributed by atoms with Gasteiger partial charge >= 0.3 is 0 Å². The van der Waals surface area contributed by atoms with Gasteiger partial charge in [0, 0.05) is 13.5 Å². The molecule has 58 valence electrons. The van der Waals surface area contributed by atoms with E-state index in [1.807, 2.05) is 0 Å². The van der Waals surface area contributed by atoms with Gasteiger partial charge in [0.05, 0.1) is 0 Å². The van der Waals surface area contributed by atoms with E-state index in [0.29, 0.717) is 4.99 Å². The van der Waals surface area contributed by atoms with Crippen molar-refractivity contribution in [2.24, 2.45) is 0 Å². The predicted molar refractivity (Wildman–Crippen MR) is 46.2 cm³/mol. The summed E-state index contributed by atoms with van der Waals surface area (Å²) in [6.45, 7) is 4.38. The molecule has 0 fully saturated rings. The van der Waals surface area contributed by atoms with Crippen LogP contribution in [0.3, 0.4) is 0 Å². The molecule has 3 heteroatoms. The maximum absolute atomic E-state index is 10.5. The molecule has 0 amide bonds. The molecule has 2 nitrogen and oxygen atoms in total. The van der Waals surface area contributed by atoms with Gasteiger partial charge in [-0.25, -0.2) is 0 Å². The molecule has 0 aromatic carbocycles. The van der Waals surface area contributed by atoms with Gasteiger partial charge in [-0.15, -0.1) is 0 Å². The minimum absolute atomic E-state index is 0.0499. The highest BCUT2D eigenvalue weighted by Gasteiger charge is 1.98. The Morgan fingerprint density at radius 1 is 1.60 bits per heavy atom. The Kier molecular flexibility index (Phi) is 5.12. The summed E-state index contributed by atoms with van der Waals surface area (Å²) in [6.07, 6.45) is 2.18. The molecular formula is C7H13NOS. The number of rotatable bonds is 4. The average Bonchev–Trinajstić information content (AvgIpc) is 1.88. The molecular weight excluding hydrogens is 146 g/mol. The van der Waals surface area contributed by atoms with Crippen molar-refractivity contribution in [3.63, 3.8) is 0 Å². The summed E-state index contributed by atoms with van der Waals surface area (Å²) in [5.41, 5.74) is 0. The number of unbranched alkanes of at least 4 members (excludes halogenated alkanes) is 1. The highest BCUT2D eigenvalue weighted by atomic mass is 32.1. The molecule has 0 heterocycles. The van der Waals surface area contributed by atoms with Crippen molar-refractivity contribution in [3.8, 4) is 0 Å². The molecule has 0 unspecified atom stereocenters. The number of thiocarbonyl (C=S) groups is 1. The quantitative estimate of drug-likeness (QED) is 0.495. The van der Waals surface area contributed by atoms with Crippen LogP contribution in [0.4, 0.5) is 0 Å². The smallest absolute Gasteiger partial charge is 0.186 e. The normalized spacial score (nSPS) is 9.00. The van der Waals surface area contributed by atoms with Gasteiger partial charge in [0.15, 0.2) is 5.78 Å². The summed E-state index contributed by atoms with van der Waals surface area (Å²) < 4.78 is 0. The SMILES string of the molecule is CCCCNC(=S)C(C)=O. The zero-order chi connectivity index (χ0) is 7.98. The molecule has 0 saturated carbocycles. The van der Waals surface area contributed by atoms with Crippen LogP contribution in [-0.4, -0.2) is 17.3 Å². The molecule has 0 radical (unpaired) electrons. The van der Waals surface area contributed by atoms with E-state index < -0.39 is 0 Å². The summed E-state index contributed by atoms with van der Waals surface area (Å²) in [5, 5.41) is 2.86. The Labute approximate surface area is 67.0 Å². The van der Waals surface area contributed by atoms with Crippen molar-refractivity contribution >= 4 is 23.0 Å². The van der Waals surface area contributed by atoms with Crippen molar-refractivity contribution < 1.29 is 4.79 Å². The molecule has 0 saturated heterocycles. The first-order chi connectivity index (χ1) is 4.68. The van der Waals surface area contributed by atoms with Gasteiger partial charge in [0.1, 0.15) is 4.99 Å². The fourth-order valence-corrected chi connectivity index (χ4v) is 0.605. The molecule has 0 atom stereocenters. The third kappa shape index (κ3) is 4.44. The van der Waals surface area contributed by atoms with E-state index in [4.69, 9.17) is 12.2 Å². The fraction of sp³-hybridized carbons (Fsp3) is 0.714. The van der Waals surface area contributed by atoms with E-state index in [1.165, 1.54) is 6.92 Å². The second-order valence-corrected chi connectivity index (χ2v) is 2.57. The van der Waals surface area contributed by atoms with Gasteiger partial charge in [-0.3, -0.25) is 4.79 Å². The fourth-order valence-electron chi connectivity index (χ4n) is 0.503. The van der Waals surface area contributed by atoms with E-state index in [-0.39, 0.29) is 5.78 Å². The number of hydrogen-bond donors (Lipinski definition) is 1. The van der Waals surface area contributed by atoms with Crippen molar-refractivity contribution in [1.82, 2.24) is 5.32 Å². The average molecular weight is 159 g/mol. The second kappa shape index (κ2) is 5.35.